The summed E-state index contributed by atoms with van der Waals surface area (Å²) in [5.41, 5.74) is 1.72. The van der Waals surface area contributed by atoms with E-state index in [0.29, 0.717) is 35.3 Å². The van der Waals surface area contributed by atoms with Crippen molar-refractivity contribution in [2.45, 2.75) is 19.6 Å². The molecule has 1 aliphatic rings. The average Bonchev–Trinajstić information content (AvgIpc) is 2.95. The first-order chi connectivity index (χ1) is 12.7. The molecule has 7 nitrogen and oxygen atoms in total. The standard InChI is InChI=1S/C18H21ClFN5O2/c1-10(26)8-21-17-22-16-15(23(17)3)11(2)25(18(27)24(16)4)9-12-5-6-13(19)14(20)7-12/h5-7,10,26H,2,8-9H2,1,3-4H3,(H,21,22)/t10-/m1/s1. The number of carbonyl (C=O) groups excluding carboxylic acids is 1. The molecule has 2 heterocycles. The fourth-order valence-electron chi connectivity index (χ4n) is 2.94. The number of anilines is 2. The molecule has 2 N–H and O–H groups in total. The Hall–Kier alpha value is -2.58. The van der Waals surface area contributed by atoms with E-state index >= 15 is 0 Å². The number of aliphatic hydroxyl groups excluding tert-OH is 1. The van der Waals surface area contributed by atoms with Gasteiger partial charge < -0.3 is 15.0 Å². The molecule has 144 valence electrons. The summed E-state index contributed by atoms with van der Waals surface area (Å²) in [6, 6.07) is 4.11. The van der Waals surface area contributed by atoms with Crippen molar-refractivity contribution >= 4 is 35.1 Å². The van der Waals surface area contributed by atoms with E-state index < -0.39 is 11.9 Å². The van der Waals surface area contributed by atoms with Crippen LogP contribution >= 0.6 is 11.6 Å². The maximum absolute atomic E-state index is 13.7. The van der Waals surface area contributed by atoms with Crippen LogP contribution in [0.25, 0.3) is 5.70 Å². The third-order valence-electron chi connectivity index (χ3n) is 4.39. The summed E-state index contributed by atoms with van der Waals surface area (Å²) in [6.07, 6.45) is -0.544. The van der Waals surface area contributed by atoms with Gasteiger partial charge >= 0.3 is 6.03 Å². The van der Waals surface area contributed by atoms with E-state index in [1.165, 1.54) is 21.9 Å². The molecule has 9 heteroatoms. The predicted molar refractivity (Wildman–Crippen MR) is 103 cm³/mol. The van der Waals surface area contributed by atoms with Crippen molar-refractivity contribution in [2.24, 2.45) is 7.05 Å². The van der Waals surface area contributed by atoms with Crippen LogP contribution in [-0.4, -0.2) is 45.3 Å². The number of hydrogen-bond acceptors (Lipinski definition) is 4. The normalized spacial score (nSPS) is 15.2. The summed E-state index contributed by atoms with van der Waals surface area (Å²) in [5, 5.41) is 12.5. The molecule has 1 aromatic carbocycles. The van der Waals surface area contributed by atoms with Crippen molar-refractivity contribution in [1.82, 2.24) is 14.5 Å². The van der Waals surface area contributed by atoms with Crippen molar-refractivity contribution in [1.29, 1.82) is 0 Å². The van der Waals surface area contributed by atoms with Gasteiger partial charge in [0.2, 0.25) is 5.95 Å². The van der Waals surface area contributed by atoms with Gasteiger partial charge in [-0.15, -0.1) is 0 Å². The van der Waals surface area contributed by atoms with E-state index in [0.717, 1.165) is 0 Å². The van der Waals surface area contributed by atoms with Gasteiger partial charge in [0.1, 0.15) is 11.5 Å². The fraction of sp³-hybridized carbons (Fsp3) is 0.333. The zero-order chi connectivity index (χ0) is 19.9. The SMILES string of the molecule is C=C1c2c(nc(NC[C@@H](C)O)n2C)N(C)C(=O)N1Cc1ccc(Cl)c(F)c1. The number of rotatable bonds is 5. The van der Waals surface area contributed by atoms with Crippen LogP contribution in [0.15, 0.2) is 24.8 Å². The summed E-state index contributed by atoms with van der Waals surface area (Å²) < 4.78 is 15.5. The minimum absolute atomic E-state index is 0.0300. The zero-order valence-electron chi connectivity index (χ0n) is 15.3. The third-order valence-corrected chi connectivity index (χ3v) is 4.70. The number of benzene rings is 1. The van der Waals surface area contributed by atoms with Gasteiger partial charge in [-0.05, 0) is 24.6 Å². The quantitative estimate of drug-likeness (QED) is 0.818. The zero-order valence-corrected chi connectivity index (χ0v) is 16.1. The van der Waals surface area contributed by atoms with Gasteiger partial charge in [0.05, 0.1) is 23.4 Å². The second-order valence-electron chi connectivity index (χ2n) is 6.52. The maximum Gasteiger partial charge on any atom is 0.330 e. The molecule has 0 bridgehead atoms. The Labute approximate surface area is 161 Å². The van der Waals surface area contributed by atoms with Gasteiger partial charge in [0.25, 0.3) is 0 Å². The first-order valence-corrected chi connectivity index (χ1v) is 8.75. The van der Waals surface area contributed by atoms with Gasteiger partial charge in [0, 0.05) is 20.6 Å². The van der Waals surface area contributed by atoms with Crippen LogP contribution in [0.5, 0.6) is 0 Å². The van der Waals surface area contributed by atoms with Crippen molar-refractivity contribution in [3.63, 3.8) is 0 Å². The Kier molecular flexibility index (Phi) is 5.12. The molecule has 0 saturated carbocycles. The topological polar surface area (TPSA) is 73.6 Å². The smallest absolute Gasteiger partial charge is 0.330 e. The van der Waals surface area contributed by atoms with E-state index in [4.69, 9.17) is 11.6 Å². The predicted octanol–water partition coefficient (Wildman–Crippen LogP) is 3.05. The van der Waals surface area contributed by atoms with E-state index in [9.17, 15) is 14.3 Å². The highest BCUT2D eigenvalue weighted by Crippen LogP contribution is 2.36. The Morgan fingerprint density at radius 3 is 2.74 bits per heavy atom. The summed E-state index contributed by atoms with van der Waals surface area (Å²) in [6.45, 7) is 6.18. The molecular weight excluding hydrogens is 373 g/mol. The summed E-state index contributed by atoms with van der Waals surface area (Å²) in [5.74, 6) is 0.448. The molecule has 0 spiro atoms. The molecule has 2 amide bonds. The molecule has 0 fully saturated rings. The second-order valence-corrected chi connectivity index (χ2v) is 6.93. The second kappa shape index (κ2) is 7.21. The minimum Gasteiger partial charge on any atom is -0.392 e. The highest BCUT2D eigenvalue weighted by Gasteiger charge is 2.35. The van der Waals surface area contributed by atoms with Crippen LogP contribution in [0, 0.1) is 5.82 Å². The highest BCUT2D eigenvalue weighted by atomic mass is 35.5. The van der Waals surface area contributed by atoms with E-state index in [-0.39, 0.29) is 17.6 Å². The van der Waals surface area contributed by atoms with E-state index in [1.807, 2.05) is 0 Å². The van der Waals surface area contributed by atoms with Gasteiger partial charge in [-0.2, -0.15) is 4.98 Å². The van der Waals surface area contributed by atoms with Gasteiger partial charge in [-0.1, -0.05) is 24.2 Å². The lowest BCUT2D eigenvalue weighted by molar-refractivity contribution is 0.208. The molecule has 0 aliphatic carbocycles. The van der Waals surface area contributed by atoms with Crippen LogP contribution in [0.3, 0.4) is 0 Å². The molecule has 0 unspecified atom stereocenters. The number of nitrogens with one attached hydrogen (secondary N) is 1. The average molecular weight is 394 g/mol. The molecule has 0 saturated heterocycles. The monoisotopic (exact) mass is 393 g/mol. The van der Waals surface area contributed by atoms with Gasteiger partial charge in [-0.25, -0.2) is 9.18 Å². The molecule has 0 radical (unpaired) electrons. The van der Waals surface area contributed by atoms with E-state index in [2.05, 4.69) is 16.9 Å². The third kappa shape index (κ3) is 3.50. The number of halogens is 2. The Morgan fingerprint density at radius 2 is 2.11 bits per heavy atom. The van der Waals surface area contributed by atoms with Crippen molar-refractivity contribution in [3.8, 4) is 0 Å². The Balaban J connectivity index is 1.93. The van der Waals surface area contributed by atoms with Crippen LogP contribution in [-0.2, 0) is 13.6 Å². The van der Waals surface area contributed by atoms with Crippen molar-refractivity contribution < 1.29 is 14.3 Å². The number of hydrogen-bond donors (Lipinski definition) is 2. The number of fused-ring (bicyclic) bond motifs is 1. The van der Waals surface area contributed by atoms with Gasteiger partial charge in [0.15, 0.2) is 5.82 Å². The maximum atomic E-state index is 13.7. The number of carbonyl (C=O) groups is 1. The number of aliphatic hydroxyl groups is 1. The van der Waals surface area contributed by atoms with Crippen molar-refractivity contribution in [3.05, 3.63) is 46.9 Å². The summed E-state index contributed by atoms with van der Waals surface area (Å²) >= 11 is 5.73. The Morgan fingerprint density at radius 1 is 1.41 bits per heavy atom. The van der Waals surface area contributed by atoms with Crippen LogP contribution < -0.4 is 10.2 Å². The lowest BCUT2D eigenvalue weighted by Crippen LogP contribution is -2.44. The molecule has 1 aromatic heterocycles. The fourth-order valence-corrected chi connectivity index (χ4v) is 3.05. The molecule has 2 aromatic rings. The minimum atomic E-state index is -0.544. The number of urea groups is 1. The Bertz CT molecular complexity index is 911. The first-order valence-electron chi connectivity index (χ1n) is 8.37. The lowest BCUT2D eigenvalue weighted by atomic mass is 10.1. The summed E-state index contributed by atoms with van der Waals surface area (Å²) in [4.78, 5) is 20.1. The van der Waals surface area contributed by atoms with E-state index in [1.54, 1.807) is 31.7 Å². The number of amides is 2. The van der Waals surface area contributed by atoms with Crippen LogP contribution in [0.4, 0.5) is 21.0 Å². The lowest BCUT2D eigenvalue weighted by Gasteiger charge is -2.34. The first kappa shape index (κ1) is 19.2. The highest BCUT2D eigenvalue weighted by molar-refractivity contribution is 6.30. The number of aromatic nitrogens is 2. The number of imidazole rings is 1. The molecule has 1 atom stereocenters. The van der Waals surface area contributed by atoms with Crippen LogP contribution in [0.1, 0.15) is 18.2 Å². The summed E-state index contributed by atoms with van der Waals surface area (Å²) in [7, 11) is 3.42. The molecule has 1 aliphatic heterocycles. The van der Waals surface area contributed by atoms with Crippen LogP contribution in [0.2, 0.25) is 5.02 Å². The van der Waals surface area contributed by atoms with Gasteiger partial charge in [-0.3, -0.25) is 9.80 Å². The molecule has 27 heavy (non-hydrogen) atoms. The molecule has 3 rings (SSSR count). The molecular formula is C18H21ClFN5O2. The largest absolute Gasteiger partial charge is 0.392 e. The van der Waals surface area contributed by atoms with Crippen molar-refractivity contribution in [2.75, 3.05) is 23.8 Å². The number of nitrogens with zero attached hydrogens (tertiary/aromatic N) is 4.